The average Bonchev–Trinajstić information content (AvgIpc) is 3.07. The van der Waals surface area contributed by atoms with Gasteiger partial charge in [-0.2, -0.15) is 0 Å². The van der Waals surface area contributed by atoms with Gasteiger partial charge in [0, 0.05) is 25.3 Å². The second kappa shape index (κ2) is 6.36. The molecular formula is C13H24N2O2. The molecule has 0 aromatic rings. The highest BCUT2D eigenvalue weighted by molar-refractivity contribution is 5.78. The second-order valence-electron chi connectivity index (χ2n) is 5.23. The zero-order valence-corrected chi connectivity index (χ0v) is 10.7. The van der Waals surface area contributed by atoms with E-state index >= 15 is 0 Å². The van der Waals surface area contributed by atoms with E-state index in [4.69, 9.17) is 4.74 Å². The normalized spacial score (nSPS) is 29.0. The minimum Gasteiger partial charge on any atom is -0.381 e. The molecule has 1 heterocycles. The highest BCUT2D eigenvalue weighted by atomic mass is 16.5. The second-order valence-corrected chi connectivity index (χ2v) is 5.23. The summed E-state index contributed by atoms with van der Waals surface area (Å²) in [6, 6.07) is 0.916. The maximum Gasteiger partial charge on any atom is 0.234 e. The van der Waals surface area contributed by atoms with Gasteiger partial charge in [-0.15, -0.1) is 0 Å². The van der Waals surface area contributed by atoms with E-state index in [9.17, 15) is 4.79 Å². The molecule has 2 N–H and O–H groups in total. The van der Waals surface area contributed by atoms with Gasteiger partial charge in [-0.05, 0) is 31.6 Å². The number of hydrogen-bond donors (Lipinski definition) is 2. The summed E-state index contributed by atoms with van der Waals surface area (Å²) in [5.41, 5.74) is 0. The fourth-order valence-corrected chi connectivity index (χ4v) is 2.53. The van der Waals surface area contributed by atoms with Crippen LogP contribution in [0.25, 0.3) is 0 Å². The molecule has 0 radical (unpaired) electrons. The summed E-state index contributed by atoms with van der Waals surface area (Å²) in [5, 5.41) is 6.40. The molecule has 2 rings (SSSR count). The SMILES string of the molecule is CCCC1CC1NCC(=O)NC1CCOCC1. The quantitative estimate of drug-likeness (QED) is 0.730. The van der Waals surface area contributed by atoms with Crippen LogP contribution in [-0.4, -0.2) is 37.7 Å². The zero-order valence-electron chi connectivity index (χ0n) is 10.7. The molecule has 98 valence electrons. The molecule has 2 aliphatic rings. The molecule has 4 heteroatoms. The third kappa shape index (κ3) is 4.28. The summed E-state index contributed by atoms with van der Waals surface area (Å²) in [5.74, 6) is 0.954. The Morgan fingerprint density at radius 2 is 2.12 bits per heavy atom. The Morgan fingerprint density at radius 3 is 2.82 bits per heavy atom. The van der Waals surface area contributed by atoms with Crippen molar-refractivity contribution in [3.8, 4) is 0 Å². The molecule has 4 nitrogen and oxygen atoms in total. The van der Waals surface area contributed by atoms with Gasteiger partial charge in [0.15, 0.2) is 0 Å². The van der Waals surface area contributed by atoms with Crippen LogP contribution in [0.3, 0.4) is 0 Å². The van der Waals surface area contributed by atoms with Crippen molar-refractivity contribution in [3.63, 3.8) is 0 Å². The number of carbonyl (C=O) groups is 1. The van der Waals surface area contributed by atoms with Crippen molar-refractivity contribution < 1.29 is 9.53 Å². The van der Waals surface area contributed by atoms with Crippen LogP contribution in [0.5, 0.6) is 0 Å². The van der Waals surface area contributed by atoms with Crippen LogP contribution in [0, 0.1) is 5.92 Å². The minimum absolute atomic E-state index is 0.138. The van der Waals surface area contributed by atoms with Crippen LogP contribution in [0.1, 0.15) is 39.0 Å². The van der Waals surface area contributed by atoms with Crippen LogP contribution in [0.15, 0.2) is 0 Å². The van der Waals surface area contributed by atoms with Crippen LogP contribution in [0.4, 0.5) is 0 Å². The molecule has 2 fully saturated rings. The van der Waals surface area contributed by atoms with E-state index in [0.29, 0.717) is 18.6 Å². The number of amides is 1. The van der Waals surface area contributed by atoms with Gasteiger partial charge in [-0.1, -0.05) is 13.3 Å². The van der Waals surface area contributed by atoms with E-state index < -0.39 is 0 Å². The van der Waals surface area contributed by atoms with Gasteiger partial charge in [0.1, 0.15) is 0 Å². The topological polar surface area (TPSA) is 50.4 Å². The van der Waals surface area contributed by atoms with Crippen molar-refractivity contribution in [2.75, 3.05) is 19.8 Å². The van der Waals surface area contributed by atoms with E-state index in [1.165, 1.54) is 19.3 Å². The Bertz CT molecular complexity index is 252. The van der Waals surface area contributed by atoms with Crippen LogP contribution >= 0.6 is 0 Å². The molecule has 0 aromatic heterocycles. The lowest BCUT2D eigenvalue weighted by Crippen LogP contribution is -2.43. The molecule has 1 saturated heterocycles. The Balaban J connectivity index is 1.55. The predicted molar refractivity (Wildman–Crippen MR) is 66.8 cm³/mol. The Morgan fingerprint density at radius 1 is 1.35 bits per heavy atom. The summed E-state index contributed by atoms with van der Waals surface area (Å²) in [6.07, 6.45) is 5.69. The van der Waals surface area contributed by atoms with E-state index in [1.54, 1.807) is 0 Å². The molecule has 2 unspecified atom stereocenters. The highest BCUT2D eigenvalue weighted by Crippen LogP contribution is 2.34. The maximum atomic E-state index is 11.7. The van der Waals surface area contributed by atoms with Crippen molar-refractivity contribution >= 4 is 5.91 Å². The van der Waals surface area contributed by atoms with Crippen molar-refractivity contribution in [1.29, 1.82) is 0 Å². The van der Waals surface area contributed by atoms with Gasteiger partial charge in [-0.3, -0.25) is 4.79 Å². The lowest BCUT2D eigenvalue weighted by molar-refractivity contribution is -0.121. The van der Waals surface area contributed by atoms with Gasteiger partial charge < -0.3 is 15.4 Å². The first-order valence-corrected chi connectivity index (χ1v) is 6.90. The highest BCUT2D eigenvalue weighted by Gasteiger charge is 2.35. The molecular weight excluding hydrogens is 216 g/mol. The van der Waals surface area contributed by atoms with Gasteiger partial charge in [0.25, 0.3) is 0 Å². The standard InChI is InChI=1S/C13H24N2O2/c1-2-3-10-8-12(10)14-9-13(16)15-11-4-6-17-7-5-11/h10-12,14H,2-9H2,1H3,(H,15,16). The van der Waals surface area contributed by atoms with Gasteiger partial charge in [0.05, 0.1) is 6.54 Å². The third-order valence-corrected chi connectivity index (χ3v) is 3.69. The van der Waals surface area contributed by atoms with E-state index in [-0.39, 0.29) is 5.91 Å². The molecule has 1 amide bonds. The van der Waals surface area contributed by atoms with E-state index in [0.717, 1.165) is 32.0 Å². The van der Waals surface area contributed by atoms with E-state index in [1.807, 2.05) is 0 Å². The monoisotopic (exact) mass is 240 g/mol. The molecule has 0 bridgehead atoms. The Labute approximate surface area is 103 Å². The van der Waals surface area contributed by atoms with Crippen molar-refractivity contribution in [1.82, 2.24) is 10.6 Å². The molecule has 2 atom stereocenters. The fraction of sp³-hybridized carbons (Fsp3) is 0.923. The first kappa shape index (κ1) is 12.8. The van der Waals surface area contributed by atoms with Crippen molar-refractivity contribution in [3.05, 3.63) is 0 Å². The summed E-state index contributed by atoms with van der Waals surface area (Å²) in [6.45, 7) is 4.24. The molecule has 17 heavy (non-hydrogen) atoms. The number of carbonyl (C=O) groups excluding carboxylic acids is 1. The summed E-state index contributed by atoms with van der Waals surface area (Å²) in [7, 11) is 0. The van der Waals surface area contributed by atoms with Gasteiger partial charge in [0.2, 0.25) is 5.91 Å². The number of ether oxygens (including phenoxy) is 1. The van der Waals surface area contributed by atoms with Crippen molar-refractivity contribution in [2.45, 2.75) is 51.1 Å². The maximum absolute atomic E-state index is 11.7. The van der Waals surface area contributed by atoms with Crippen LogP contribution in [-0.2, 0) is 9.53 Å². The molecule has 1 aliphatic heterocycles. The predicted octanol–water partition coefficient (Wildman–Crippen LogP) is 1.06. The van der Waals surface area contributed by atoms with Crippen LogP contribution in [0.2, 0.25) is 0 Å². The van der Waals surface area contributed by atoms with Gasteiger partial charge in [-0.25, -0.2) is 0 Å². The Hall–Kier alpha value is -0.610. The molecule has 1 aliphatic carbocycles. The first-order chi connectivity index (χ1) is 8.29. The summed E-state index contributed by atoms with van der Waals surface area (Å²) >= 11 is 0. The summed E-state index contributed by atoms with van der Waals surface area (Å²) in [4.78, 5) is 11.7. The lowest BCUT2D eigenvalue weighted by Gasteiger charge is -2.23. The number of nitrogens with one attached hydrogen (secondary N) is 2. The lowest BCUT2D eigenvalue weighted by atomic mass is 10.1. The zero-order chi connectivity index (χ0) is 12.1. The van der Waals surface area contributed by atoms with Crippen molar-refractivity contribution in [2.24, 2.45) is 5.92 Å². The smallest absolute Gasteiger partial charge is 0.234 e. The first-order valence-electron chi connectivity index (χ1n) is 6.90. The van der Waals surface area contributed by atoms with Crippen LogP contribution < -0.4 is 10.6 Å². The largest absolute Gasteiger partial charge is 0.381 e. The Kier molecular flexibility index (Phi) is 4.80. The number of hydrogen-bond acceptors (Lipinski definition) is 3. The minimum atomic E-state index is 0.138. The van der Waals surface area contributed by atoms with Gasteiger partial charge >= 0.3 is 0 Å². The average molecular weight is 240 g/mol. The summed E-state index contributed by atoms with van der Waals surface area (Å²) < 4.78 is 5.26. The molecule has 0 aromatic carbocycles. The fourth-order valence-electron chi connectivity index (χ4n) is 2.53. The third-order valence-electron chi connectivity index (χ3n) is 3.69. The number of rotatable bonds is 6. The molecule has 1 saturated carbocycles. The van der Waals surface area contributed by atoms with E-state index in [2.05, 4.69) is 17.6 Å². The molecule has 0 spiro atoms.